The van der Waals surface area contributed by atoms with Crippen molar-refractivity contribution in [2.75, 3.05) is 26.4 Å². The average molecular weight is 767 g/mol. The first-order valence-corrected chi connectivity index (χ1v) is 21.4. The molecular formula is C42H71O10P. The van der Waals surface area contributed by atoms with Gasteiger partial charge in [-0.2, -0.15) is 0 Å². The second kappa shape index (κ2) is 37.7. The Balaban J connectivity index is 4.04. The van der Waals surface area contributed by atoms with E-state index in [9.17, 15) is 29.3 Å². The van der Waals surface area contributed by atoms with Crippen molar-refractivity contribution in [3.05, 3.63) is 72.9 Å². The van der Waals surface area contributed by atoms with Gasteiger partial charge in [0.15, 0.2) is 0 Å². The third kappa shape index (κ3) is 36.2. The lowest BCUT2D eigenvalue weighted by Crippen LogP contribution is -2.28. The minimum absolute atomic E-state index is 0.149. The predicted molar refractivity (Wildman–Crippen MR) is 214 cm³/mol. The number of allylic oxidation sites excluding steroid dienone is 12. The van der Waals surface area contributed by atoms with E-state index < -0.39 is 58.4 Å². The SMILES string of the molecule is CC/C=C\C/C=C\C/C=C\C/C=C\C/C=C\CCCCCC(=O)OC(CO)COP(=O)(O)OCC(CO)OC(=O)CCCCCCC/C=C\CCCC. The quantitative estimate of drug-likeness (QED) is 0.0243. The summed E-state index contributed by atoms with van der Waals surface area (Å²) in [6.07, 6.45) is 41.7. The maximum atomic E-state index is 12.3. The Hall–Kier alpha value is -2.59. The zero-order valence-corrected chi connectivity index (χ0v) is 33.6. The molecule has 0 aromatic heterocycles. The van der Waals surface area contributed by atoms with E-state index in [0.717, 1.165) is 89.9 Å². The molecule has 0 saturated carbocycles. The number of phosphoric acid groups is 1. The van der Waals surface area contributed by atoms with E-state index in [1.54, 1.807) is 0 Å². The molecule has 304 valence electrons. The molecule has 53 heavy (non-hydrogen) atoms. The van der Waals surface area contributed by atoms with Crippen LogP contribution in [0.1, 0.15) is 142 Å². The Kier molecular flexibility index (Phi) is 35.9. The van der Waals surface area contributed by atoms with Crippen LogP contribution in [-0.2, 0) is 32.7 Å². The second-order valence-corrected chi connectivity index (χ2v) is 14.3. The summed E-state index contributed by atoms with van der Waals surface area (Å²) in [5.41, 5.74) is 0. The van der Waals surface area contributed by atoms with Crippen molar-refractivity contribution in [3.63, 3.8) is 0 Å². The van der Waals surface area contributed by atoms with E-state index in [4.69, 9.17) is 18.5 Å². The number of aliphatic hydroxyl groups is 2. The molecule has 3 N–H and O–H groups in total. The Labute approximate surface area is 320 Å². The lowest BCUT2D eigenvalue weighted by molar-refractivity contribution is -0.153. The topological polar surface area (TPSA) is 149 Å². The van der Waals surface area contributed by atoms with Gasteiger partial charge >= 0.3 is 19.8 Å². The van der Waals surface area contributed by atoms with Gasteiger partial charge in [0, 0.05) is 12.8 Å². The van der Waals surface area contributed by atoms with Crippen molar-refractivity contribution in [1.29, 1.82) is 0 Å². The minimum atomic E-state index is -4.65. The molecule has 0 radical (unpaired) electrons. The number of carbonyl (C=O) groups is 2. The standard InChI is InChI=1S/C42H71O10P/c1-3-5-7-9-11-13-15-16-17-18-19-20-21-22-24-26-28-30-32-34-42(46)52-40(36-44)38-50-53(47,48)49-37-39(35-43)51-41(45)33-31-29-27-25-23-14-12-10-8-6-4-2/h5,7,10-13,16-17,19-20,22,24,39-40,43-44H,3-4,6,8-9,14-15,18,21,23,25-38H2,1-2H3,(H,47,48)/b7-5-,12-10-,13-11-,17-16-,20-19-,24-22-. The first kappa shape index (κ1) is 50.4. The van der Waals surface area contributed by atoms with Crippen LogP contribution in [0.25, 0.3) is 0 Å². The van der Waals surface area contributed by atoms with E-state index in [2.05, 4.69) is 86.8 Å². The zero-order chi connectivity index (χ0) is 39.1. The van der Waals surface area contributed by atoms with Crippen molar-refractivity contribution in [2.24, 2.45) is 0 Å². The fourth-order valence-corrected chi connectivity index (χ4v) is 5.61. The van der Waals surface area contributed by atoms with Gasteiger partial charge in [-0.15, -0.1) is 0 Å². The van der Waals surface area contributed by atoms with Gasteiger partial charge in [-0.25, -0.2) is 4.57 Å². The highest BCUT2D eigenvalue weighted by atomic mass is 31.2. The number of esters is 2. The van der Waals surface area contributed by atoms with E-state index in [0.29, 0.717) is 12.8 Å². The maximum Gasteiger partial charge on any atom is 0.472 e. The number of rotatable bonds is 36. The van der Waals surface area contributed by atoms with Crippen LogP contribution in [0.2, 0.25) is 0 Å². The normalized spacial score (nSPS) is 14.7. The van der Waals surface area contributed by atoms with Crippen LogP contribution in [0.4, 0.5) is 0 Å². The van der Waals surface area contributed by atoms with Gasteiger partial charge in [0.25, 0.3) is 0 Å². The van der Waals surface area contributed by atoms with Crippen LogP contribution in [0.3, 0.4) is 0 Å². The largest absolute Gasteiger partial charge is 0.472 e. The molecule has 3 atom stereocenters. The van der Waals surface area contributed by atoms with Gasteiger partial charge in [-0.1, -0.05) is 125 Å². The Morgan fingerprint density at radius 2 is 0.887 bits per heavy atom. The number of carbonyl (C=O) groups excluding carboxylic acids is 2. The highest BCUT2D eigenvalue weighted by molar-refractivity contribution is 7.47. The van der Waals surface area contributed by atoms with Crippen LogP contribution in [0.5, 0.6) is 0 Å². The van der Waals surface area contributed by atoms with Crippen molar-refractivity contribution >= 4 is 19.8 Å². The lowest BCUT2D eigenvalue weighted by atomic mass is 10.1. The Morgan fingerprint density at radius 3 is 1.32 bits per heavy atom. The van der Waals surface area contributed by atoms with Crippen LogP contribution >= 0.6 is 7.82 Å². The molecular weight excluding hydrogens is 695 g/mol. The summed E-state index contributed by atoms with van der Waals surface area (Å²) < 4.78 is 32.4. The summed E-state index contributed by atoms with van der Waals surface area (Å²) >= 11 is 0. The minimum Gasteiger partial charge on any atom is -0.457 e. The number of phosphoric ester groups is 1. The Morgan fingerprint density at radius 1 is 0.528 bits per heavy atom. The van der Waals surface area contributed by atoms with E-state index in [-0.39, 0.29) is 12.8 Å². The van der Waals surface area contributed by atoms with Gasteiger partial charge in [-0.3, -0.25) is 18.6 Å². The molecule has 0 aromatic rings. The van der Waals surface area contributed by atoms with Crippen molar-refractivity contribution < 1.29 is 47.8 Å². The average Bonchev–Trinajstić information content (AvgIpc) is 3.14. The number of ether oxygens (including phenoxy) is 2. The molecule has 0 bridgehead atoms. The smallest absolute Gasteiger partial charge is 0.457 e. The van der Waals surface area contributed by atoms with Crippen molar-refractivity contribution in [2.45, 2.75) is 154 Å². The fraction of sp³-hybridized carbons (Fsp3) is 0.667. The van der Waals surface area contributed by atoms with Crippen LogP contribution in [0, 0.1) is 0 Å². The molecule has 0 aliphatic heterocycles. The van der Waals surface area contributed by atoms with Crippen molar-refractivity contribution in [3.8, 4) is 0 Å². The number of hydrogen-bond donors (Lipinski definition) is 3. The molecule has 10 nitrogen and oxygen atoms in total. The van der Waals surface area contributed by atoms with Crippen LogP contribution < -0.4 is 0 Å². The number of unbranched alkanes of at least 4 members (excludes halogenated alkanes) is 10. The van der Waals surface area contributed by atoms with E-state index in [1.807, 2.05) is 0 Å². The first-order chi connectivity index (χ1) is 25.8. The van der Waals surface area contributed by atoms with E-state index in [1.165, 1.54) is 12.8 Å². The molecule has 0 amide bonds. The molecule has 11 heteroatoms. The summed E-state index contributed by atoms with van der Waals surface area (Å²) in [6.45, 7) is 1.97. The van der Waals surface area contributed by atoms with Gasteiger partial charge in [0.2, 0.25) is 0 Å². The monoisotopic (exact) mass is 766 g/mol. The third-order valence-corrected chi connectivity index (χ3v) is 8.85. The summed E-state index contributed by atoms with van der Waals surface area (Å²) in [5.74, 6) is -1.07. The molecule has 0 fully saturated rings. The van der Waals surface area contributed by atoms with Gasteiger partial charge in [-0.05, 0) is 77.0 Å². The molecule has 0 saturated heterocycles. The summed E-state index contributed by atoms with van der Waals surface area (Å²) in [7, 11) is -4.65. The summed E-state index contributed by atoms with van der Waals surface area (Å²) in [5, 5.41) is 19.1. The highest BCUT2D eigenvalue weighted by Crippen LogP contribution is 2.43. The van der Waals surface area contributed by atoms with Gasteiger partial charge < -0.3 is 24.6 Å². The molecule has 0 aliphatic carbocycles. The Bertz CT molecular complexity index is 1110. The molecule has 0 rings (SSSR count). The lowest BCUT2D eigenvalue weighted by Gasteiger charge is -2.20. The predicted octanol–water partition coefficient (Wildman–Crippen LogP) is 10.1. The van der Waals surface area contributed by atoms with Crippen molar-refractivity contribution in [1.82, 2.24) is 0 Å². The zero-order valence-electron chi connectivity index (χ0n) is 32.7. The molecule has 0 heterocycles. The number of aliphatic hydroxyl groups excluding tert-OH is 2. The molecule has 0 aliphatic rings. The first-order valence-electron chi connectivity index (χ1n) is 19.9. The maximum absolute atomic E-state index is 12.3. The number of hydrogen-bond acceptors (Lipinski definition) is 9. The van der Waals surface area contributed by atoms with Gasteiger partial charge in [0.05, 0.1) is 26.4 Å². The van der Waals surface area contributed by atoms with Gasteiger partial charge in [0.1, 0.15) is 12.2 Å². The third-order valence-electron chi connectivity index (χ3n) is 7.90. The van der Waals surface area contributed by atoms with E-state index >= 15 is 0 Å². The van der Waals surface area contributed by atoms with Crippen LogP contribution in [0.15, 0.2) is 72.9 Å². The molecule has 0 aromatic carbocycles. The van der Waals surface area contributed by atoms with Crippen LogP contribution in [-0.4, -0.2) is 65.7 Å². The summed E-state index contributed by atoms with van der Waals surface area (Å²) in [4.78, 5) is 34.4. The second-order valence-electron chi connectivity index (χ2n) is 12.9. The molecule has 0 spiro atoms. The highest BCUT2D eigenvalue weighted by Gasteiger charge is 2.27. The summed E-state index contributed by atoms with van der Waals surface area (Å²) in [6, 6.07) is 0. The fourth-order valence-electron chi connectivity index (χ4n) is 4.83. The molecule has 3 unspecified atom stereocenters.